The first-order valence-electron chi connectivity index (χ1n) is 9.98. The Morgan fingerprint density at radius 2 is 1.83 bits per heavy atom. The number of pyridine rings is 2. The molecule has 7 nitrogen and oxygen atoms in total. The van der Waals surface area contributed by atoms with Crippen molar-refractivity contribution >= 4 is 63.6 Å². The minimum Gasteiger partial charge on any atom is -0.319 e. The zero-order valence-corrected chi connectivity index (χ0v) is 19.8. The summed E-state index contributed by atoms with van der Waals surface area (Å²) in [6.07, 6.45) is -0.174. The second kappa shape index (κ2) is 9.06. The fourth-order valence-corrected chi connectivity index (χ4v) is 5.04. The van der Waals surface area contributed by atoms with Crippen molar-refractivity contribution in [3.63, 3.8) is 0 Å². The Morgan fingerprint density at radius 1 is 1.06 bits per heavy atom. The van der Waals surface area contributed by atoms with Crippen molar-refractivity contribution in [1.82, 2.24) is 23.3 Å². The lowest BCUT2D eigenvalue weighted by Gasteiger charge is -2.10. The molecule has 35 heavy (non-hydrogen) atoms. The zero-order valence-electron chi connectivity index (χ0n) is 17.4. The number of rotatable bonds is 5. The highest BCUT2D eigenvalue weighted by molar-refractivity contribution is 7.97. The zero-order chi connectivity index (χ0) is 24.7. The molecule has 1 N–H and O–H groups in total. The molecule has 4 aromatic heterocycles. The average molecular weight is 537 g/mol. The van der Waals surface area contributed by atoms with Crippen LogP contribution in [0.2, 0.25) is 10.0 Å². The van der Waals surface area contributed by atoms with Gasteiger partial charge in [0.2, 0.25) is 0 Å². The number of benzene rings is 1. The summed E-state index contributed by atoms with van der Waals surface area (Å²) in [7, 11) is 0. The molecule has 0 aliphatic heterocycles. The van der Waals surface area contributed by atoms with Crippen molar-refractivity contribution in [3.8, 4) is 0 Å². The van der Waals surface area contributed by atoms with Gasteiger partial charge in [0.15, 0.2) is 17.0 Å². The number of nitrogens with one attached hydrogen (secondary N) is 1. The topological polar surface area (TPSA) is 77.1 Å². The molecule has 0 aliphatic carbocycles. The van der Waals surface area contributed by atoms with Crippen molar-refractivity contribution in [2.45, 2.75) is 11.9 Å². The Kier molecular flexibility index (Phi) is 6.07. The van der Waals surface area contributed by atoms with Gasteiger partial charge in [0.25, 0.3) is 5.91 Å². The molecular weight excluding hydrogens is 524 g/mol. The molecular formula is C22H13Cl2F3N6OS. The van der Waals surface area contributed by atoms with Gasteiger partial charge in [0.1, 0.15) is 6.33 Å². The number of halogens is 5. The van der Waals surface area contributed by atoms with Gasteiger partial charge in [-0.05, 0) is 48.3 Å². The van der Waals surface area contributed by atoms with Gasteiger partial charge in [-0.2, -0.15) is 13.2 Å². The molecule has 0 unspecified atom stereocenters. The Bertz CT molecular complexity index is 1560. The first-order valence-corrected chi connectivity index (χ1v) is 11.7. The minimum absolute atomic E-state index is 0.0109. The number of carbonyl (C=O) groups excluding carboxylic acids is 1. The van der Waals surface area contributed by atoms with E-state index < -0.39 is 17.8 Å². The van der Waals surface area contributed by atoms with E-state index in [2.05, 4.69) is 20.3 Å². The maximum atomic E-state index is 13.9. The molecule has 0 fully saturated rings. The summed E-state index contributed by atoms with van der Waals surface area (Å²) in [5.74, 6) is -0.747. The maximum absolute atomic E-state index is 13.9. The van der Waals surface area contributed by atoms with E-state index in [0.29, 0.717) is 11.2 Å². The van der Waals surface area contributed by atoms with E-state index in [4.69, 9.17) is 23.2 Å². The molecule has 0 atom stereocenters. The lowest BCUT2D eigenvalue weighted by Crippen LogP contribution is -2.14. The summed E-state index contributed by atoms with van der Waals surface area (Å²) >= 11 is 13.3. The van der Waals surface area contributed by atoms with E-state index in [-0.39, 0.29) is 38.4 Å². The Labute approximate surface area is 210 Å². The van der Waals surface area contributed by atoms with E-state index in [1.807, 2.05) is 0 Å². The average Bonchev–Trinajstić information content (AvgIpc) is 3.39. The van der Waals surface area contributed by atoms with E-state index in [9.17, 15) is 18.0 Å². The first-order chi connectivity index (χ1) is 16.7. The number of fused-ring (bicyclic) bond motifs is 2. The molecule has 1 aromatic carbocycles. The van der Waals surface area contributed by atoms with Crippen LogP contribution in [0, 0.1) is 0 Å². The lowest BCUT2D eigenvalue weighted by atomic mass is 10.2. The van der Waals surface area contributed by atoms with Crippen LogP contribution < -0.4 is 5.32 Å². The lowest BCUT2D eigenvalue weighted by molar-refractivity contribution is -0.141. The van der Waals surface area contributed by atoms with Gasteiger partial charge in [-0.3, -0.25) is 8.77 Å². The Morgan fingerprint density at radius 3 is 2.57 bits per heavy atom. The summed E-state index contributed by atoms with van der Waals surface area (Å²) < 4.78 is 44.8. The summed E-state index contributed by atoms with van der Waals surface area (Å²) in [6, 6.07) is 11.0. The van der Waals surface area contributed by atoms with Crippen LogP contribution >= 0.6 is 35.1 Å². The van der Waals surface area contributed by atoms with Gasteiger partial charge in [-0.25, -0.2) is 15.0 Å². The number of imidazole rings is 2. The number of amides is 1. The highest BCUT2D eigenvalue weighted by Crippen LogP contribution is 2.36. The molecule has 13 heteroatoms. The molecule has 0 radical (unpaired) electrons. The largest absolute Gasteiger partial charge is 0.435 e. The number of hydrogen-bond donors (Lipinski definition) is 1. The van der Waals surface area contributed by atoms with Crippen LogP contribution in [-0.2, 0) is 11.9 Å². The number of alkyl halides is 3. The summed E-state index contributed by atoms with van der Waals surface area (Å²) in [6.45, 7) is 0. The summed E-state index contributed by atoms with van der Waals surface area (Å²) in [5, 5.41) is 2.80. The normalized spacial score (nSPS) is 11.9. The Hall–Kier alpha value is -3.28. The molecule has 0 aliphatic rings. The quantitative estimate of drug-likeness (QED) is 0.283. The van der Waals surface area contributed by atoms with Crippen LogP contribution in [-0.4, -0.2) is 29.2 Å². The highest BCUT2D eigenvalue weighted by atomic mass is 35.5. The molecule has 0 saturated heterocycles. The molecule has 5 rings (SSSR count). The highest BCUT2D eigenvalue weighted by Gasteiger charge is 2.38. The smallest absolute Gasteiger partial charge is 0.319 e. The third-order valence-electron chi connectivity index (χ3n) is 5.08. The van der Waals surface area contributed by atoms with Crippen molar-refractivity contribution in [1.29, 1.82) is 0 Å². The number of aromatic nitrogens is 5. The second-order valence-electron chi connectivity index (χ2n) is 7.26. The van der Waals surface area contributed by atoms with Gasteiger partial charge < -0.3 is 9.72 Å². The maximum Gasteiger partial charge on any atom is 0.435 e. The number of hydrogen-bond acceptors (Lipinski definition) is 5. The van der Waals surface area contributed by atoms with Crippen molar-refractivity contribution in [2.75, 3.05) is 5.32 Å². The van der Waals surface area contributed by atoms with E-state index >= 15 is 0 Å². The minimum atomic E-state index is -4.71. The molecule has 4 heterocycles. The molecule has 0 bridgehead atoms. The molecule has 0 spiro atoms. The van der Waals surface area contributed by atoms with Crippen LogP contribution in [0.15, 0.2) is 61.2 Å². The summed E-state index contributed by atoms with van der Waals surface area (Å²) in [4.78, 5) is 25.0. The molecule has 5 aromatic rings. The van der Waals surface area contributed by atoms with E-state index in [1.165, 1.54) is 41.2 Å². The fraction of sp³-hybridized carbons (Fsp3) is 0.0909. The van der Waals surface area contributed by atoms with Gasteiger partial charge in [0, 0.05) is 12.4 Å². The van der Waals surface area contributed by atoms with Crippen LogP contribution in [0.4, 0.5) is 18.9 Å². The van der Waals surface area contributed by atoms with E-state index in [1.54, 1.807) is 28.4 Å². The SMILES string of the molecule is O=C(Nc1cccn2c(CSn3cnc4ncccc43)c(C(F)(F)F)nc12)c1c(Cl)cccc1Cl. The van der Waals surface area contributed by atoms with Gasteiger partial charge in [0.05, 0.1) is 38.3 Å². The number of nitrogens with zero attached hydrogens (tertiary/aromatic N) is 5. The monoisotopic (exact) mass is 536 g/mol. The molecule has 0 saturated carbocycles. The van der Waals surface area contributed by atoms with Crippen LogP contribution in [0.3, 0.4) is 0 Å². The predicted octanol–water partition coefficient (Wildman–Crippen LogP) is 6.35. The molecule has 1 amide bonds. The fourth-order valence-electron chi connectivity index (χ4n) is 3.54. The van der Waals surface area contributed by atoms with Gasteiger partial charge >= 0.3 is 6.18 Å². The predicted molar refractivity (Wildman–Crippen MR) is 129 cm³/mol. The van der Waals surface area contributed by atoms with E-state index in [0.717, 1.165) is 11.9 Å². The van der Waals surface area contributed by atoms with Crippen molar-refractivity contribution in [3.05, 3.63) is 88.2 Å². The third kappa shape index (κ3) is 4.42. The first kappa shape index (κ1) is 23.5. The van der Waals surface area contributed by atoms with Crippen LogP contribution in [0.5, 0.6) is 0 Å². The standard InChI is InChI=1S/C22H13Cl2F3N6OS/c23-12-4-1-5-13(24)17(12)21(34)30-14-6-3-9-32-16(18(22(25,26)27)31-20(14)32)10-35-33-11-29-19-15(33)7-2-8-28-19/h1-9,11H,10H2,(H,30,34). The Balaban J connectivity index is 1.53. The third-order valence-corrected chi connectivity index (χ3v) is 6.69. The van der Waals surface area contributed by atoms with Crippen molar-refractivity contribution < 1.29 is 18.0 Å². The van der Waals surface area contributed by atoms with Gasteiger partial charge in [-0.1, -0.05) is 29.3 Å². The van der Waals surface area contributed by atoms with Crippen LogP contribution in [0.25, 0.3) is 16.8 Å². The number of anilines is 1. The summed E-state index contributed by atoms with van der Waals surface area (Å²) in [5.41, 5.74) is 0.0374. The van der Waals surface area contributed by atoms with Crippen molar-refractivity contribution in [2.24, 2.45) is 0 Å². The molecule has 178 valence electrons. The van der Waals surface area contributed by atoms with Crippen LogP contribution in [0.1, 0.15) is 21.7 Å². The number of carbonyl (C=O) groups is 1. The second-order valence-corrected chi connectivity index (χ2v) is 9.02. The van der Waals surface area contributed by atoms with Gasteiger partial charge in [-0.15, -0.1) is 0 Å².